The predicted molar refractivity (Wildman–Crippen MR) is 134 cm³/mol. The van der Waals surface area contributed by atoms with E-state index in [0.29, 0.717) is 61.3 Å². The highest BCUT2D eigenvalue weighted by Crippen LogP contribution is 2.32. The molecule has 1 N–H and O–H groups in total. The smallest absolute Gasteiger partial charge is 0.338 e. The van der Waals surface area contributed by atoms with Gasteiger partial charge in [-0.2, -0.15) is 0 Å². The average molecular weight is 515 g/mol. The van der Waals surface area contributed by atoms with Crippen molar-refractivity contribution in [1.82, 2.24) is 20.0 Å². The molecule has 0 spiro atoms. The van der Waals surface area contributed by atoms with Gasteiger partial charge in [-0.25, -0.2) is 9.59 Å². The minimum absolute atomic E-state index is 0.136. The third-order valence-corrected chi connectivity index (χ3v) is 6.69. The zero-order chi connectivity index (χ0) is 25.7. The number of urea groups is 1. The molecule has 0 radical (unpaired) electrons. The van der Waals surface area contributed by atoms with Gasteiger partial charge in [-0.15, -0.1) is 0 Å². The van der Waals surface area contributed by atoms with Crippen molar-refractivity contribution in [3.05, 3.63) is 70.3 Å². The molecule has 1 aromatic carbocycles. The molecule has 0 bridgehead atoms. The van der Waals surface area contributed by atoms with Gasteiger partial charge in [0.25, 0.3) is 5.91 Å². The number of carbonyl (C=O) groups excluding carboxylic acids is 3. The number of hydrogen-bond donors (Lipinski definition) is 1. The van der Waals surface area contributed by atoms with Crippen LogP contribution in [0.5, 0.6) is 0 Å². The van der Waals surface area contributed by atoms with E-state index in [-0.39, 0.29) is 18.5 Å². The molecule has 3 heterocycles. The first kappa shape index (κ1) is 25.8. The second kappa shape index (κ2) is 11.6. The molecule has 10 heteroatoms. The van der Waals surface area contributed by atoms with Crippen molar-refractivity contribution in [1.29, 1.82) is 0 Å². The van der Waals surface area contributed by atoms with Gasteiger partial charge in [0.15, 0.2) is 5.76 Å². The van der Waals surface area contributed by atoms with Gasteiger partial charge in [0, 0.05) is 50.0 Å². The van der Waals surface area contributed by atoms with Crippen LogP contribution in [0.1, 0.15) is 42.4 Å². The second-order valence-corrected chi connectivity index (χ2v) is 9.09. The monoisotopic (exact) mass is 514 g/mol. The maximum absolute atomic E-state index is 13.2. The number of halogens is 1. The third-order valence-electron chi connectivity index (χ3n) is 6.43. The molecular formula is C26H31ClN4O5. The number of esters is 1. The fraction of sp³-hybridized carbons (Fsp3) is 0.423. The highest BCUT2D eigenvalue weighted by atomic mass is 35.5. The first-order valence-corrected chi connectivity index (χ1v) is 12.6. The van der Waals surface area contributed by atoms with Crippen LogP contribution >= 0.6 is 11.6 Å². The number of nitrogens with one attached hydrogen (secondary N) is 1. The van der Waals surface area contributed by atoms with Crippen molar-refractivity contribution in [3.63, 3.8) is 0 Å². The molecule has 0 aliphatic carbocycles. The molecule has 4 rings (SSSR count). The summed E-state index contributed by atoms with van der Waals surface area (Å²) >= 11 is 6.07. The van der Waals surface area contributed by atoms with Crippen LogP contribution in [0.15, 0.2) is 58.3 Å². The van der Waals surface area contributed by atoms with Gasteiger partial charge in [0.1, 0.15) is 0 Å². The van der Waals surface area contributed by atoms with E-state index < -0.39 is 12.0 Å². The number of amides is 3. The Bertz CT molecular complexity index is 1120. The Balaban J connectivity index is 1.63. The van der Waals surface area contributed by atoms with Gasteiger partial charge < -0.3 is 19.4 Å². The van der Waals surface area contributed by atoms with Gasteiger partial charge >= 0.3 is 12.0 Å². The van der Waals surface area contributed by atoms with Crippen LogP contribution in [-0.2, 0) is 9.53 Å². The summed E-state index contributed by atoms with van der Waals surface area (Å²) < 4.78 is 10.7. The van der Waals surface area contributed by atoms with E-state index in [4.69, 9.17) is 20.8 Å². The summed E-state index contributed by atoms with van der Waals surface area (Å²) in [5.74, 6) is -0.277. The van der Waals surface area contributed by atoms with Crippen molar-refractivity contribution in [2.45, 2.75) is 26.3 Å². The van der Waals surface area contributed by atoms with Gasteiger partial charge in [-0.3, -0.25) is 14.6 Å². The maximum Gasteiger partial charge on any atom is 0.338 e. The molecular weight excluding hydrogens is 484 g/mol. The first-order valence-electron chi connectivity index (χ1n) is 12.2. The molecule has 1 aromatic heterocycles. The summed E-state index contributed by atoms with van der Waals surface area (Å²) in [6, 6.07) is 9.50. The second-order valence-electron chi connectivity index (χ2n) is 8.66. The number of nitrogens with zero attached hydrogens (tertiary/aromatic N) is 3. The van der Waals surface area contributed by atoms with E-state index >= 15 is 0 Å². The number of hydrogen-bond acceptors (Lipinski definition) is 6. The zero-order valence-electron chi connectivity index (χ0n) is 20.5. The van der Waals surface area contributed by atoms with E-state index in [0.717, 1.165) is 12.0 Å². The van der Waals surface area contributed by atoms with E-state index in [1.54, 1.807) is 53.1 Å². The quantitative estimate of drug-likeness (QED) is 0.566. The van der Waals surface area contributed by atoms with E-state index in [1.165, 1.54) is 6.26 Å². The SMILES string of the molecule is CCOC(=O)C1=C(CN2CCCN(C(=O)c3ccco3)CC2)N(CC)C(=O)N[C@H]1c1ccc(Cl)cc1. The van der Waals surface area contributed by atoms with Crippen molar-refractivity contribution in [2.75, 3.05) is 45.9 Å². The summed E-state index contributed by atoms with van der Waals surface area (Å²) in [5, 5.41) is 3.53. The first-order chi connectivity index (χ1) is 17.4. The highest BCUT2D eigenvalue weighted by molar-refractivity contribution is 6.30. The molecule has 2 aromatic rings. The fourth-order valence-corrected chi connectivity index (χ4v) is 4.79. The molecule has 3 amide bonds. The summed E-state index contributed by atoms with van der Waals surface area (Å²) in [5.41, 5.74) is 1.77. The average Bonchev–Trinajstić information content (AvgIpc) is 3.31. The Labute approximate surface area is 215 Å². The Morgan fingerprint density at radius 2 is 1.89 bits per heavy atom. The lowest BCUT2D eigenvalue weighted by Gasteiger charge is -2.38. The Morgan fingerprint density at radius 3 is 2.56 bits per heavy atom. The minimum Gasteiger partial charge on any atom is -0.463 e. The number of furan rings is 1. The third kappa shape index (κ3) is 5.57. The van der Waals surface area contributed by atoms with E-state index in [1.807, 2.05) is 6.92 Å². The Kier molecular flexibility index (Phi) is 8.32. The molecule has 0 saturated carbocycles. The molecule has 2 aliphatic rings. The van der Waals surface area contributed by atoms with Crippen molar-refractivity contribution in [3.8, 4) is 0 Å². The normalized spacial score (nSPS) is 19.2. The number of ether oxygens (including phenoxy) is 1. The molecule has 36 heavy (non-hydrogen) atoms. The summed E-state index contributed by atoms with van der Waals surface area (Å²) in [7, 11) is 0. The minimum atomic E-state index is -0.657. The van der Waals surface area contributed by atoms with E-state index in [9.17, 15) is 14.4 Å². The van der Waals surface area contributed by atoms with Crippen LogP contribution in [0.3, 0.4) is 0 Å². The fourth-order valence-electron chi connectivity index (χ4n) is 4.66. The standard InChI is InChI=1S/C26H31ClN4O5/c1-3-31-20(17-29-12-6-13-30(15-14-29)24(32)21-7-5-16-36-21)22(25(33)35-4-2)23(28-26(31)34)18-8-10-19(27)11-9-18/h5,7-11,16,23H,3-4,6,12-15,17H2,1-2H3,(H,28,34)/t23-/m0/s1. The molecule has 192 valence electrons. The van der Waals surface area contributed by atoms with Gasteiger partial charge in [-0.05, 0) is 50.1 Å². The predicted octanol–water partition coefficient (Wildman–Crippen LogP) is 3.68. The lowest BCUT2D eigenvalue weighted by molar-refractivity contribution is -0.139. The largest absolute Gasteiger partial charge is 0.463 e. The van der Waals surface area contributed by atoms with Crippen LogP contribution in [0.25, 0.3) is 0 Å². The molecule has 1 fully saturated rings. The van der Waals surface area contributed by atoms with Crippen LogP contribution in [0.2, 0.25) is 5.02 Å². The molecule has 1 atom stereocenters. The summed E-state index contributed by atoms with van der Waals surface area (Å²) in [4.78, 5) is 44.7. The molecule has 9 nitrogen and oxygen atoms in total. The van der Waals surface area contributed by atoms with Crippen LogP contribution in [0.4, 0.5) is 4.79 Å². The molecule has 1 saturated heterocycles. The lowest BCUT2D eigenvalue weighted by atomic mass is 9.94. The highest BCUT2D eigenvalue weighted by Gasteiger charge is 2.38. The van der Waals surface area contributed by atoms with Crippen molar-refractivity contribution in [2.24, 2.45) is 0 Å². The van der Waals surface area contributed by atoms with E-state index in [2.05, 4.69) is 10.2 Å². The zero-order valence-corrected chi connectivity index (χ0v) is 21.3. The summed E-state index contributed by atoms with van der Waals surface area (Å²) in [6.45, 7) is 7.05. The summed E-state index contributed by atoms with van der Waals surface area (Å²) in [6.07, 6.45) is 2.25. The number of rotatable bonds is 7. The van der Waals surface area contributed by atoms with Crippen LogP contribution in [-0.4, -0.2) is 78.5 Å². The van der Waals surface area contributed by atoms with Crippen LogP contribution in [0, 0.1) is 0 Å². The van der Waals surface area contributed by atoms with Gasteiger partial charge in [0.2, 0.25) is 0 Å². The van der Waals surface area contributed by atoms with Crippen LogP contribution < -0.4 is 5.32 Å². The Morgan fingerprint density at radius 1 is 1.11 bits per heavy atom. The number of likely N-dealkylation sites (N-methyl/N-ethyl adjacent to an activating group) is 1. The number of carbonyl (C=O) groups is 3. The lowest BCUT2D eigenvalue weighted by Crippen LogP contribution is -2.51. The Hall–Kier alpha value is -3.30. The maximum atomic E-state index is 13.2. The van der Waals surface area contributed by atoms with Gasteiger partial charge in [0.05, 0.1) is 24.5 Å². The topological polar surface area (TPSA) is 95.3 Å². The molecule has 2 aliphatic heterocycles. The van der Waals surface area contributed by atoms with Gasteiger partial charge in [-0.1, -0.05) is 23.7 Å². The number of benzene rings is 1. The van der Waals surface area contributed by atoms with Crippen molar-refractivity contribution >= 4 is 29.5 Å². The van der Waals surface area contributed by atoms with Crippen molar-refractivity contribution < 1.29 is 23.5 Å². The molecule has 0 unspecified atom stereocenters.